The molecule has 2 rings (SSSR count). The molecule has 7 nitrogen and oxygen atoms in total. The molecular weight excluding hydrogens is 376 g/mol. The van der Waals surface area contributed by atoms with E-state index in [1.807, 2.05) is 49.4 Å². The topological polar surface area (TPSA) is 103 Å². The zero-order chi connectivity index (χ0) is 20.6. The molecule has 0 fully saturated rings. The van der Waals surface area contributed by atoms with Crippen molar-refractivity contribution in [3.05, 3.63) is 65.7 Å². The Labute approximate surface area is 167 Å². The number of nitrogens with zero attached hydrogens (tertiary/aromatic N) is 1. The fourth-order valence-corrected chi connectivity index (χ4v) is 3.22. The van der Waals surface area contributed by atoms with Gasteiger partial charge in [0.25, 0.3) is 0 Å². The van der Waals surface area contributed by atoms with Crippen molar-refractivity contribution in [3.8, 4) is 0 Å². The number of nitrogens with one attached hydrogen (secondary N) is 3. The van der Waals surface area contributed by atoms with E-state index >= 15 is 0 Å². The molecule has 4 N–H and O–H groups in total. The van der Waals surface area contributed by atoms with Crippen LogP contribution in [0.5, 0.6) is 0 Å². The van der Waals surface area contributed by atoms with E-state index in [1.165, 1.54) is 0 Å². The molecule has 1 atom stereocenters. The molecule has 0 radical (unpaired) electrons. The SMILES string of the molecule is CCNC(=NCc1ccccc1NS(C)(=O)=O)NCC(C)(O)c1ccccc1. The second-order valence-corrected chi connectivity index (χ2v) is 8.47. The minimum atomic E-state index is -3.37. The van der Waals surface area contributed by atoms with Gasteiger partial charge in [-0.05, 0) is 31.0 Å². The van der Waals surface area contributed by atoms with Crippen LogP contribution in [-0.4, -0.2) is 38.8 Å². The molecule has 0 aromatic heterocycles. The molecule has 2 aromatic carbocycles. The predicted octanol–water partition coefficient (Wildman–Crippen LogP) is 2.02. The minimum Gasteiger partial charge on any atom is -0.384 e. The molecule has 1 unspecified atom stereocenters. The highest BCUT2D eigenvalue weighted by molar-refractivity contribution is 7.92. The third-order valence-corrected chi connectivity index (χ3v) is 4.65. The summed E-state index contributed by atoms with van der Waals surface area (Å²) in [4.78, 5) is 4.52. The summed E-state index contributed by atoms with van der Waals surface area (Å²) in [6.45, 7) is 4.89. The van der Waals surface area contributed by atoms with E-state index in [1.54, 1.807) is 19.1 Å². The van der Waals surface area contributed by atoms with Gasteiger partial charge in [0.1, 0.15) is 5.60 Å². The number of hydrogen-bond donors (Lipinski definition) is 4. The third-order valence-electron chi connectivity index (χ3n) is 4.06. The highest BCUT2D eigenvalue weighted by atomic mass is 32.2. The third kappa shape index (κ3) is 6.86. The summed E-state index contributed by atoms with van der Waals surface area (Å²) in [5, 5.41) is 17.0. The van der Waals surface area contributed by atoms with Crippen molar-refractivity contribution in [2.24, 2.45) is 4.99 Å². The molecule has 0 spiro atoms. The number of aliphatic imine (C=N–C) groups is 1. The average molecular weight is 405 g/mol. The van der Waals surface area contributed by atoms with Crippen LogP contribution in [0, 0.1) is 0 Å². The Bertz CT molecular complexity index is 897. The molecule has 0 saturated heterocycles. The molecule has 0 aliphatic rings. The van der Waals surface area contributed by atoms with Crippen LogP contribution in [0.1, 0.15) is 25.0 Å². The standard InChI is InChI=1S/C20H28N4O3S/c1-4-21-19(23-15-20(2,25)17-11-6-5-7-12-17)22-14-16-10-8-9-13-18(16)24-28(3,26)27/h5-13,24-25H,4,14-15H2,1-3H3,(H2,21,22,23). The predicted molar refractivity (Wildman–Crippen MR) is 114 cm³/mol. The number of rotatable bonds is 8. The number of hydrogen-bond acceptors (Lipinski definition) is 4. The number of para-hydroxylation sites is 1. The smallest absolute Gasteiger partial charge is 0.229 e. The van der Waals surface area contributed by atoms with E-state index in [0.717, 1.165) is 17.4 Å². The van der Waals surface area contributed by atoms with Gasteiger partial charge in [-0.15, -0.1) is 0 Å². The van der Waals surface area contributed by atoms with Gasteiger partial charge in [0.15, 0.2) is 5.96 Å². The monoisotopic (exact) mass is 404 g/mol. The van der Waals surface area contributed by atoms with Gasteiger partial charge in [-0.3, -0.25) is 4.72 Å². The summed E-state index contributed by atoms with van der Waals surface area (Å²) in [7, 11) is -3.37. The van der Waals surface area contributed by atoms with Crippen molar-refractivity contribution in [1.29, 1.82) is 0 Å². The minimum absolute atomic E-state index is 0.270. The van der Waals surface area contributed by atoms with Gasteiger partial charge in [-0.1, -0.05) is 48.5 Å². The van der Waals surface area contributed by atoms with Crippen LogP contribution < -0.4 is 15.4 Å². The molecule has 28 heavy (non-hydrogen) atoms. The number of guanidine groups is 1. The van der Waals surface area contributed by atoms with Crippen molar-refractivity contribution in [2.45, 2.75) is 26.0 Å². The van der Waals surface area contributed by atoms with Gasteiger partial charge >= 0.3 is 0 Å². The van der Waals surface area contributed by atoms with Gasteiger partial charge in [0.05, 0.1) is 25.0 Å². The maximum Gasteiger partial charge on any atom is 0.229 e. The van der Waals surface area contributed by atoms with Gasteiger partial charge < -0.3 is 15.7 Å². The molecule has 0 aliphatic heterocycles. The first kappa shape index (κ1) is 21.7. The first-order valence-corrected chi connectivity index (χ1v) is 11.0. The Hall–Kier alpha value is -2.58. The fourth-order valence-electron chi connectivity index (χ4n) is 2.62. The van der Waals surface area contributed by atoms with Gasteiger partial charge in [-0.2, -0.15) is 0 Å². The van der Waals surface area contributed by atoms with E-state index in [-0.39, 0.29) is 13.1 Å². The lowest BCUT2D eigenvalue weighted by Crippen LogP contribution is -2.44. The summed E-state index contributed by atoms with van der Waals surface area (Å²) < 4.78 is 25.6. The number of sulfonamides is 1. The largest absolute Gasteiger partial charge is 0.384 e. The van der Waals surface area contributed by atoms with Crippen molar-refractivity contribution < 1.29 is 13.5 Å². The molecule has 0 heterocycles. The highest BCUT2D eigenvalue weighted by Gasteiger charge is 2.23. The maximum atomic E-state index is 11.5. The van der Waals surface area contributed by atoms with Crippen molar-refractivity contribution in [3.63, 3.8) is 0 Å². The number of anilines is 1. The fraction of sp³-hybridized carbons (Fsp3) is 0.350. The Morgan fingerprint density at radius 3 is 2.36 bits per heavy atom. The molecule has 8 heteroatoms. The van der Waals surface area contributed by atoms with Gasteiger partial charge in [-0.25, -0.2) is 13.4 Å². The van der Waals surface area contributed by atoms with Crippen LogP contribution in [0.4, 0.5) is 5.69 Å². The van der Waals surface area contributed by atoms with Crippen molar-refractivity contribution in [1.82, 2.24) is 10.6 Å². The van der Waals surface area contributed by atoms with E-state index in [4.69, 9.17) is 0 Å². The summed E-state index contributed by atoms with van der Waals surface area (Å²) in [5.41, 5.74) is 0.995. The van der Waals surface area contributed by atoms with Crippen molar-refractivity contribution >= 4 is 21.7 Å². The van der Waals surface area contributed by atoms with Crippen LogP contribution in [0.15, 0.2) is 59.6 Å². The van der Waals surface area contributed by atoms with Crippen LogP contribution in [-0.2, 0) is 22.2 Å². The summed E-state index contributed by atoms with van der Waals surface area (Å²) >= 11 is 0. The Kier molecular flexibility index (Phi) is 7.42. The molecule has 152 valence electrons. The van der Waals surface area contributed by atoms with Crippen LogP contribution in [0.25, 0.3) is 0 Å². The summed E-state index contributed by atoms with van der Waals surface area (Å²) in [6.07, 6.45) is 1.12. The van der Waals surface area contributed by atoms with E-state index < -0.39 is 15.6 Å². The molecule has 0 saturated carbocycles. The zero-order valence-electron chi connectivity index (χ0n) is 16.4. The van der Waals surface area contributed by atoms with E-state index in [2.05, 4.69) is 20.3 Å². The summed E-state index contributed by atoms with van der Waals surface area (Å²) in [5.74, 6) is 0.535. The normalized spacial score (nSPS) is 14.2. The second-order valence-electron chi connectivity index (χ2n) is 6.72. The highest BCUT2D eigenvalue weighted by Crippen LogP contribution is 2.19. The van der Waals surface area contributed by atoms with E-state index in [9.17, 15) is 13.5 Å². The molecule has 0 bridgehead atoms. The van der Waals surface area contributed by atoms with E-state index in [0.29, 0.717) is 18.2 Å². The zero-order valence-corrected chi connectivity index (χ0v) is 17.3. The van der Waals surface area contributed by atoms with Gasteiger partial charge in [0.2, 0.25) is 10.0 Å². The van der Waals surface area contributed by atoms with Crippen LogP contribution >= 0.6 is 0 Å². The Morgan fingerprint density at radius 2 is 1.71 bits per heavy atom. The number of aliphatic hydroxyl groups is 1. The first-order chi connectivity index (χ1) is 13.2. The lowest BCUT2D eigenvalue weighted by atomic mass is 9.96. The Morgan fingerprint density at radius 1 is 1.07 bits per heavy atom. The second kappa shape index (κ2) is 9.57. The average Bonchev–Trinajstić information content (AvgIpc) is 2.64. The van der Waals surface area contributed by atoms with Gasteiger partial charge in [0, 0.05) is 6.54 Å². The number of benzene rings is 2. The lowest BCUT2D eigenvalue weighted by molar-refractivity contribution is 0.0617. The molecule has 2 aromatic rings. The Balaban J connectivity index is 2.11. The van der Waals surface area contributed by atoms with Crippen LogP contribution in [0.2, 0.25) is 0 Å². The molecular formula is C20H28N4O3S. The maximum absolute atomic E-state index is 11.5. The van der Waals surface area contributed by atoms with Crippen LogP contribution in [0.3, 0.4) is 0 Å². The molecule has 0 amide bonds. The lowest BCUT2D eigenvalue weighted by Gasteiger charge is -2.25. The van der Waals surface area contributed by atoms with Crippen molar-refractivity contribution in [2.75, 3.05) is 24.1 Å². The first-order valence-electron chi connectivity index (χ1n) is 9.07. The summed E-state index contributed by atoms with van der Waals surface area (Å²) in [6, 6.07) is 16.5. The molecule has 0 aliphatic carbocycles. The quantitative estimate of drug-likeness (QED) is 0.398.